The predicted molar refractivity (Wildman–Crippen MR) is 48.3 cm³/mol. The molecule has 0 aliphatic heterocycles. The Kier molecular flexibility index (Phi) is 6.60. The Morgan fingerprint density at radius 1 is 1.33 bits per heavy atom. The molecule has 0 saturated carbocycles. The van der Waals surface area contributed by atoms with Gasteiger partial charge in [0.25, 0.3) is 0 Å². The summed E-state index contributed by atoms with van der Waals surface area (Å²) in [6, 6.07) is 0. The molecule has 0 aromatic carbocycles. The fraction of sp³-hybridized carbons (Fsp3) is 1.00. The van der Waals surface area contributed by atoms with Gasteiger partial charge >= 0.3 is 10.4 Å². The first kappa shape index (κ1) is 14.4. The molecule has 0 aliphatic rings. The standard InChI is InChI=1S/C6H14.CH4O4S/c2*1-5-6(2,3)4/h5H2,1-4H3;1H3,(H,2,3,4). The average molecular weight is 198 g/mol. The van der Waals surface area contributed by atoms with Crippen molar-refractivity contribution >= 4 is 10.4 Å². The Morgan fingerprint density at radius 2 is 1.50 bits per heavy atom. The molecule has 4 nitrogen and oxygen atoms in total. The minimum Gasteiger partial charge on any atom is -0.264 e. The maximum atomic E-state index is 9.33. The van der Waals surface area contributed by atoms with Crippen molar-refractivity contribution in [2.24, 2.45) is 5.41 Å². The minimum atomic E-state index is -4.16. The lowest BCUT2D eigenvalue weighted by molar-refractivity contribution is 0.324. The molecular formula is C7H18O4S. The molecule has 0 heterocycles. The number of hydrogen-bond acceptors (Lipinski definition) is 3. The van der Waals surface area contributed by atoms with Crippen molar-refractivity contribution in [3.8, 4) is 0 Å². The van der Waals surface area contributed by atoms with Gasteiger partial charge in [-0.15, -0.1) is 0 Å². The summed E-state index contributed by atoms with van der Waals surface area (Å²) >= 11 is 0. The molecule has 0 unspecified atom stereocenters. The van der Waals surface area contributed by atoms with E-state index in [1.54, 1.807) is 0 Å². The first-order chi connectivity index (χ1) is 5.12. The van der Waals surface area contributed by atoms with Gasteiger partial charge in [0, 0.05) is 0 Å². The maximum Gasteiger partial charge on any atom is 0.397 e. The Hall–Kier alpha value is -0.130. The fourth-order valence-electron chi connectivity index (χ4n) is 0. The van der Waals surface area contributed by atoms with Gasteiger partial charge in [0.05, 0.1) is 7.11 Å². The van der Waals surface area contributed by atoms with Crippen LogP contribution in [0.25, 0.3) is 0 Å². The highest BCUT2D eigenvalue weighted by Gasteiger charge is 2.03. The molecule has 5 heteroatoms. The third kappa shape index (κ3) is 22.5. The first-order valence-electron chi connectivity index (χ1n) is 3.65. The molecule has 0 aromatic rings. The summed E-state index contributed by atoms with van der Waals surface area (Å²) in [6.07, 6.45) is 1.27. The highest BCUT2D eigenvalue weighted by Crippen LogP contribution is 2.16. The zero-order valence-corrected chi connectivity index (χ0v) is 9.10. The van der Waals surface area contributed by atoms with Crippen molar-refractivity contribution in [3.05, 3.63) is 0 Å². The largest absolute Gasteiger partial charge is 0.397 e. The Balaban J connectivity index is 0. The van der Waals surface area contributed by atoms with E-state index in [2.05, 4.69) is 31.9 Å². The second-order valence-electron chi connectivity index (χ2n) is 3.51. The van der Waals surface area contributed by atoms with Crippen molar-refractivity contribution in [1.82, 2.24) is 0 Å². The van der Waals surface area contributed by atoms with E-state index in [1.807, 2.05) is 0 Å². The molecule has 0 bridgehead atoms. The lowest BCUT2D eigenvalue weighted by atomic mass is 9.94. The van der Waals surface area contributed by atoms with E-state index >= 15 is 0 Å². The van der Waals surface area contributed by atoms with Crippen molar-refractivity contribution < 1.29 is 17.2 Å². The predicted octanol–water partition coefficient (Wildman–Crippen LogP) is 1.88. The monoisotopic (exact) mass is 198 g/mol. The molecule has 0 amide bonds. The van der Waals surface area contributed by atoms with E-state index < -0.39 is 10.4 Å². The quantitative estimate of drug-likeness (QED) is 0.653. The first-order valence-corrected chi connectivity index (χ1v) is 5.02. The van der Waals surface area contributed by atoms with E-state index in [-0.39, 0.29) is 0 Å². The van der Waals surface area contributed by atoms with Crippen LogP contribution in [0, 0.1) is 5.41 Å². The van der Waals surface area contributed by atoms with Gasteiger partial charge in [0.2, 0.25) is 0 Å². The van der Waals surface area contributed by atoms with Crippen LogP contribution >= 0.6 is 0 Å². The number of rotatable bonds is 1. The summed E-state index contributed by atoms with van der Waals surface area (Å²) in [5.74, 6) is 0. The lowest BCUT2D eigenvalue weighted by Gasteiger charge is -2.12. The molecule has 0 aliphatic carbocycles. The highest BCUT2D eigenvalue weighted by molar-refractivity contribution is 7.80. The van der Waals surface area contributed by atoms with E-state index in [9.17, 15) is 8.42 Å². The van der Waals surface area contributed by atoms with Gasteiger partial charge < -0.3 is 0 Å². The van der Waals surface area contributed by atoms with E-state index in [0.717, 1.165) is 7.11 Å². The topological polar surface area (TPSA) is 63.6 Å². The number of hydrogen-bond donors (Lipinski definition) is 1. The zero-order chi connectivity index (χ0) is 10.4. The fourth-order valence-corrected chi connectivity index (χ4v) is 0. The maximum absolute atomic E-state index is 9.33. The van der Waals surface area contributed by atoms with Gasteiger partial charge in [-0.1, -0.05) is 34.1 Å². The van der Waals surface area contributed by atoms with E-state index in [1.165, 1.54) is 6.42 Å². The summed E-state index contributed by atoms with van der Waals surface area (Å²) in [6.45, 7) is 8.94. The van der Waals surface area contributed by atoms with E-state index in [0.29, 0.717) is 5.41 Å². The second-order valence-corrected chi connectivity index (χ2v) is 4.70. The van der Waals surface area contributed by atoms with Crippen LogP contribution in [0.3, 0.4) is 0 Å². The van der Waals surface area contributed by atoms with Crippen LogP contribution in [0.5, 0.6) is 0 Å². The molecule has 0 rings (SSSR count). The van der Waals surface area contributed by atoms with Gasteiger partial charge in [0.15, 0.2) is 0 Å². The molecule has 0 atom stereocenters. The molecule has 0 fully saturated rings. The van der Waals surface area contributed by atoms with Crippen LogP contribution in [0.1, 0.15) is 34.1 Å². The normalized spacial score (nSPS) is 11.8. The van der Waals surface area contributed by atoms with Crippen molar-refractivity contribution in [1.29, 1.82) is 0 Å². The average Bonchev–Trinajstić information content (AvgIpc) is 1.86. The van der Waals surface area contributed by atoms with Gasteiger partial charge in [-0.3, -0.25) is 8.74 Å². The SMILES string of the molecule is CCC(C)(C)C.COS(=O)(=O)O. The van der Waals surface area contributed by atoms with Gasteiger partial charge in [0.1, 0.15) is 0 Å². The van der Waals surface area contributed by atoms with Gasteiger partial charge in [-0.25, -0.2) is 0 Å². The minimum absolute atomic E-state index is 0.542. The summed E-state index contributed by atoms with van der Waals surface area (Å²) in [4.78, 5) is 0. The molecule has 1 N–H and O–H groups in total. The van der Waals surface area contributed by atoms with Crippen molar-refractivity contribution in [2.45, 2.75) is 34.1 Å². The smallest absolute Gasteiger partial charge is 0.264 e. The Labute approximate surface area is 74.9 Å². The van der Waals surface area contributed by atoms with E-state index in [4.69, 9.17) is 4.55 Å². The van der Waals surface area contributed by atoms with Crippen LogP contribution in [-0.2, 0) is 14.6 Å². The van der Waals surface area contributed by atoms with Crippen molar-refractivity contribution in [2.75, 3.05) is 7.11 Å². The molecule has 0 radical (unpaired) electrons. The molecule has 0 spiro atoms. The summed E-state index contributed by atoms with van der Waals surface area (Å²) in [5, 5.41) is 0. The van der Waals surface area contributed by atoms with Crippen LogP contribution in [0.2, 0.25) is 0 Å². The van der Waals surface area contributed by atoms with Crippen LogP contribution in [0.4, 0.5) is 0 Å². The summed E-state index contributed by atoms with van der Waals surface area (Å²) in [7, 11) is -3.29. The molecule has 76 valence electrons. The van der Waals surface area contributed by atoms with Crippen LogP contribution in [0.15, 0.2) is 0 Å². The van der Waals surface area contributed by atoms with Crippen molar-refractivity contribution in [3.63, 3.8) is 0 Å². The molecule has 12 heavy (non-hydrogen) atoms. The van der Waals surface area contributed by atoms with Crippen LogP contribution < -0.4 is 0 Å². The Bertz CT molecular complexity index is 188. The van der Waals surface area contributed by atoms with Gasteiger partial charge in [-0.05, 0) is 5.41 Å². The highest BCUT2D eigenvalue weighted by atomic mass is 32.3. The summed E-state index contributed by atoms with van der Waals surface area (Å²) in [5.41, 5.74) is 0.542. The molecule has 0 aromatic heterocycles. The molecular weight excluding hydrogens is 180 g/mol. The lowest BCUT2D eigenvalue weighted by Crippen LogP contribution is -2.00. The zero-order valence-electron chi connectivity index (χ0n) is 8.29. The van der Waals surface area contributed by atoms with Gasteiger partial charge in [-0.2, -0.15) is 8.42 Å². The second kappa shape index (κ2) is 5.50. The summed E-state index contributed by atoms with van der Waals surface area (Å²) < 4.78 is 29.7. The van der Waals surface area contributed by atoms with Crippen LogP contribution in [-0.4, -0.2) is 20.1 Å². The third-order valence-corrected chi connectivity index (χ3v) is 1.69. The third-order valence-electron chi connectivity index (χ3n) is 1.27. The Morgan fingerprint density at radius 3 is 1.50 bits per heavy atom. The molecule has 0 saturated heterocycles.